The summed E-state index contributed by atoms with van der Waals surface area (Å²) >= 11 is 0. The molecule has 1 aliphatic rings. The number of ketones is 1. The Balaban J connectivity index is 2.80. The lowest BCUT2D eigenvalue weighted by Gasteiger charge is -1.75. The first kappa shape index (κ1) is 6.75. The van der Waals surface area contributed by atoms with Gasteiger partial charge < -0.3 is 0 Å². The molecule has 0 aliphatic heterocycles. The summed E-state index contributed by atoms with van der Waals surface area (Å²) in [5, 5.41) is 0. The molecule has 0 saturated heterocycles. The Labute approximate surface area is 60.1 Å². The number of carbonyl (C=O) groups excluding carboxylic acids is 1. The van der Waals surface area contributed by atoms with Gasteiger partial charge in [-0.2, -0.15) is 0 Å². The topological polar surface area (TPSA) is 17.1 Å². The monoisotopic (exact) mass is 132 g/mol. The maximum Gasteiger partial charge on any atom is 0.178 e. The molecular formula is C9H8O. The van der Waals surface area contributed by atoms with Gasteiger partial charge in [-0.1, -0.05) is 36.5 Å². The van der Waals surface area contributed by atoms with E-state index >= 15 is 0 Å². The maximum absolute atomic E-state index is 10.7. The molecule has 0 atom stereocenters. The van der Waals surface area contributed by atoms with Crippen molar-refractivity contribution in [3.8, 4) is 0 Å². The number of hydrogen-bond acceptors (Lipinski definition) is 1. The number of allylic oxidation sites excluding steroid dienone is 8. The highest BCUT2D eigenvalue weighted by molar-refractivity contribution is 5.99. The summed E-state index contributed by atoms with van der Waals surface area (Å²) in [6.45, 7) is 0. The van der Waals surface area contributed by atoms with E-state index in [4.69, 9.17) is 0 Å². The summed E-state index contributed by atoms with van der Waals surface area (Å²) in [4.78, 5) is 10.7. The molecule has 0 radical (unpaired) electrons. The predicted octanol–water partition coefficient (Wildman–Crippen LogP) is 1.79. The van der Waals surface area contributed by atoms with Gasteiger partial charge in [-0.25, -0.2) is 0 Å². The first-order chi connectivity index (χ1) is 4.89. The SMILES string of the molecule is O=C1\C=C/C=C\C=C/C=C\1. The fourth-order valence-corrected chi connectivity index (χ4v) is 0.613. The van der Waals surface area contributed by atoms with Crippen LogP contribution in [-0.4, -0.2) is 5.78 Å². The van der Waals surface area contributed by atoms with E-state index in [2.05, 4.69) is 0 Å². The van der Waals surface area contributed by atoms with Crippen molar-refractivity contribution in [1.82, 2.24) is 0 Å². The zero-order valence-corrected chi connectivity index (χ0v) is 5.53. The minimum absolute atomic E-state index is 0.0243. The highest BCUT2D eigenvalue weighted by Crippen LogP contribution is 1.88. The fourth-order valence-electron chi connectivity index (χ4n) is 0.613. The van der Waals surface area contributed by atoms with Crippen LogP contribution >= 0.6 is 0 Å². The third kappa shape index (κ3) is 2.27. The molecule has 0 aromatic rings. The third-order valence-electron chi connectivity index (χ3n) is 1.08. The minimum Gasteiger partial charge on any atom is -0.290 e. The Bertz CT molecular complexity index is 205. The average Bonchev–Trinajstić information content (AvgIpc) is 2.02. The Kier molecular flexibility index (Phi) is 2.44. The lowest BCUT2D eigenvalue weighted by atomic mass is 10.3. The lowest BCUT2D eigenvalue weighted by molar-refractivity contribution is -0.110. The van der Waals surface area contributed by atoms with Gasteiger partial charge >= 0.3 is 0 Å². The van der Waals surface area contributed by atoms with Gasteiger partial charge in [0, 0.05) is 0 Å². The normalized spacial score (nSPS) is 29.4. The van der Waals surface area contributed by atoms with Gasteiger partial charge in [0.15, 0.2) is 5.78 Å². The molecule has 0 spiro atoms. The first-order valence-electron chi connectivity index (χ1n) is 3.11. The van der Waals surface area contributed by atoms with Crippen molar-refractivity contribution in [1.29, 1.82) is 0 Å². The summed E-state index contributed by atoms with van der Waals surface area (Å²) in [5.41, 5.74) is 0. The lowest BCUT2D eigenvalue weighted by Crippen LogP contribution is -1.81. The van der Waals surface area contributed by atoms with Gasteiger partial charge in [-0.05, 0) is 12.2 Å². The average molecular weight is 132 g/mol. The van der Waals surface area contributed by atoms with Crippen molar-refractivity contribution in [3.05, 3.63) is 48.6 Å². The van der Waals surface area contributed by atoms with Crippen LogP contribution < -0.4 is 0 Å². The molecule has 0 N–H and O–H groups in total. The van der Waals surface area contributed by atoms with E-state index < -0.39 is 0 Å². The maximum atomic E-state index is 10.7. The van der Waals surface area contributed by atoms with Crippen LogP contribution in [0.4, 0.5) is 0 Å². The molecule has 0 aromatic carbocycles. The van der Waals surface area contributed by atoms with E-state index in [1.165, 1.54) is 12.2 Å². The third-order valence-corrected chi connectivity index (χ3v) is 1.08. The smallest absolute Gasteiger partial charge is 0.178 e. The van der Waals surface area contributed by atoms with Crippen molar-refractivity contribution in [3.63, 3.8) is 0 Å². The second-order valence-corrected chi connectivity index (χ2v) is 1.89. The van der Waals surface area contributed by atoms with E-state index in [-0.39, 0.29) is 5.78 Å². The van der Waals surface area contributed by atoms with Gasteiger partial charge in [0.05, 0.1) is 0 Å². The van der Waals surface area contributed by atoms with Crippen molar-refractivity contribution < 1.29 is 4.79 Å². The van der Waals surface area contributed by atoms with Crippen LogP contribution in [-0.2, 0) is 4.79 Å². The van der Waals surface area contributed by atoms with E-state index in [1.807, 2.05) is 24.3 Å². The molecule has 1 nitrogen and oxygen atoms in total. The quantitative estimate of drug-likeness (QED) is 0.491. The second-order valence-electron chi connectivity index (χ2n) is 1.89. The van der Waals surface area contributed by atoms with Gasteiger partial charge in [0.2, 0.25) is 0 Å². The molecule has 50 valence electrons. The standard InChI is InChI=1S/C9H8O/c10-9-7-5-3-1-2-4-6-8-9/h1-8H/b3-1-,4-2-,7-5-,8-6-. The number of rotatable bonds is 0. The van der Waals surface area contributed by atoms with Gasteiger partial charge in [-0.15, -0.1) is 0 Å². The van der Waals surface area contributed by atoms with Crippen molar-refractivity contribution in [2.45, 2.75) is 0 Å². The van der Waals surface area contributed by atoms with Crippen LogP contribution in [0.15, 0.2) is 48.6 Å². The van der Waals surface area contributed by atoms with Crippen LogP contribution in [0.2, 0.25) is 0 Å². The zero-order valence-electron chi connectivity index (χ0n) is 5.53. The number of hydrogen-bond donors (Lipinski definition) is 0. The predicted molar refractivity (Wildman–Crippen MR) is 41.6 cm³/mol. The Morgan fingerprint density at radius 2 is 1.10 bits per heavy atom. The minimum atomic E-state index is 0.0243. The molecule has 1 aliphatic carbocycles. The van der Waals surface area contributed by atoms with Crippen molar-refractivity contribution >= 4 is 5.78 Å². The Morgan fingerprint density at radius 3 is 1.60 bits per heavy atom. The Morgan fingerprint density at radius 1 is 0.700 bits per heavy atom. The van der Waals surface area contributed by atoms with E-state index in [0.717, 1.165) is 0 Å². The Hall–Kier alpha value is -1.37. The van der Waals surface area contributed by atoms with E-state index in [0.29, 0.717) is 0 Å². The molecule has 0 fully saturated rings. The first-order valence-corrected chi connectivity index (χ1v) is 3.11. The molecule has 0 bridgehead atoms. The highest BCUT2D eigenvalue weighted by Gasteiger charge is 1.84. The number of carbonyl (C=O) groups is 1. The molecule has 10 heavy (non-hydrogen) atoms. The summed E-state index contributed by atoms with van der Waals surface area (Å²) < 4.78 is 0. The largest absolute Gasteiger partial charge is 0.290 e. The van der Waals surface area contributed by atoms with Gasteiger partial charge in [-0.3, -0.25) is 4.79 Å². The molecule has 0 saturated carbocycles. The molecule has 0 heterocycles. The van der Waals surface area contributed by atoms with Crippen LogP contribution in [0.3, 0.4) is 0 Å². The van der Waals surface area contributed by atoms with E-state index in [1.54, 1.807) is 12.2 Å². The zero-order chi connectivity index (χ0) is 7.23. The van der Waals surface area contributed by atoms with E-state index in [9.17, 15) is 4.79 Å². The van der Waals surface area contributed by atoms with Crippen LogP contribution in [0.1, 0.15) is 0 Å². The molecule has 1 heteroatoms. The van der Waals surface area contributed by atoms with Crippen molar-refractivity contribution in [2.75, 3.05) is 0 Å². The molecule has 0 unspecified atom stereocenters. The van der Waals surface area contributed by atoms with Crippen molar-refractivity contribution in [2.24, 2.45) is 0 Å². The van der Waals surface area contributed by atoms with Crippen LogP contribution in [0.5, 0.6) is 0 Å². The molecule has 1 rings (SSSR count). The fraction of sp³-hybridized carbons (Fsp3) is 0. The van der Waals surface area contributed by atoms with Crippen LogP contribution in [0.25, 0.3) is 0 Å². The second kappa shape index (κ2) is 3.62. The van der Waals surface area contributed by atoms with Gasteiger partial charge in [0.25, 0.3) is 0 Å². The highest BCUT2D eigenvalue weighted by atomic mass is 16.1. The molecule has 0 amide bonds. The summed E-state index contributed by atoms with van der Waals surface area (Å²) in [7, 11) is 0. The van der Waals surface area contributed by atoms with Crippen LogP contribution in [0, 0.1) is 0 Å². The summed E-state index contributed by atoms with van der Waals surface area (Å²) in [6, 6.07) is 0. The molecular weight excluding hydrogens is 124 g/mol. The summed E-state index contributed by atoms with van der Waals surface area (Å²) in [5.74, 6) is 0.0243. The summed E-state index contributed by atoms with van der Waals surface area (Å²) in [6.07, 6.45) is 13.9. The van der Waals surface area contributed by atoms with Gasteiger partial charge in [0.1, 0.15) is 0 Å². The molecule has 0 aromatic heterocycles.